The van der Waals surface area contributed by atoms with E-state index in [4.69, 9.17) is 21.3 Å². The summed E-state index contributed by atoms with van der Waals surface area (Å²) in [5.74, 6) is 0.813. The Morgan fingerprint density at radius 2 is 2.00 bits per heavy atom. The van der Waals surface area contributed by atoms with Gasteiger partial charge in [0.05, 0.1) is 23.3 Å². The second-order valence-electron chi connectivity index (χ2n) is 6.18. The Kier molecular flexibility index (Phi) is 4.13. The first-order valence-corrected chi connectivity index (χ1v) is 8.53. The number of benzene rings is 2. The monoisotopic (exact) mass is 338 g/mol. The van der Waals surface area contributed by atoms with Crippen LogP contribution in [-0.2, 0) is 19.5 Å². The molecule has 2 heterocycles. The Morgan fingerprint density at radius 3 is 2.79 bits per heavy atom. The first kappa shape index (κ1) is 15.4. The fraction of sp³-hybridized carbons (Fsp3) is 0.250. The molecule has 1 aliphatic rings. The molecule has 0 amide bonds. The zero-order chi connectivity index (χ0) is 16.5. The Bertz CT molecular complexity index is 880. The molecule has 0 saturated heterocycles. The van der Waals surface area contributed by atoms with Gasteiger partial charge in [0.25, 0.3) is 0 Å². The molecule has 4 rings (SSSR count). The van der Waals surface area contributed by atoms with E-state index in [-0.39, 0.29) is 0 Å². The van der Waals surface area contributed by atoms with E-state index in [2.05, 4.69) is 35.2 Å². The Balaban J connectivity index is 1.66. The minimum atomic E-state index is 0.813. The second-order valence-corrected chi connectivity index (χ2v) is 6.56. The molecule has 3 nitrogen and oxygen atoms in total. The quantitative estimate of drug-likeness (QED) is 0.705. The van der Waals surface area contributed by atoms with Crippen LogP contribution in [0.5, 0.6) is 5.75 Å². The summed E-state index contributed by atoms with van der Waals surface area (Å²) in [7, 11) is 1.67. The maximum absolute atomic E-state index is 6.68. The molecule has 0 fully saturated rings. The highest BCUT2D eigenvalue weighted by molar-refractivity contribution is 6.36. The summed E-state index contributed by atoms with van der Waals surface area (Å²) in [5, 5.41) is 1.81. The normalized spacial score (nSPS) is 14.6. The lowest BCUT2D eigenvalue weighted by molar-refractivity contribution is 0.242. The molecular formula is C20H19ClN2O. The highest BCUT2D eigenvalue weighted by atomic mass is 35.5. The molecular weight excluding hydrogens is 320 g/mol. The molecule has 0 spiro atoms. The van der Waals surface area contributed by atoms with Gasteiger partial charge in [0.15, 0.2) is 0 Å². The van der Waals surface area contributed by atoms with Crippen LogP contribution >= 0.6 is 11.6 Å². The lowest BCUT2D eigenvalue weighted by atomic mass is 10.0. The number of nitrogens with zero attached hydrogens (tertiary/aromatic N) is 2. The fourth-order valence-corrected chi connectivity index (χ4v) is 3.69. The molecule has 1 aromatic heterocycles. The summed E-state index contributed by atoms with van der Waals surface area (Å²) >= 11 is 6.68. The van der Waals surface area contributed by atoms with Gasteiger partial charge in [-0.15, -0.1) is 0 Å². The number of aromatic nitrogens is 1. The van der Waals surface area contributed by atoms with Gasteiger partial charge in [0, 0.05) is 25.0 Å². The van der Waals surface area contributed by atoms with E-state index < -0.39 is 0 Å². The van der Waals surface area contributed by atoms with Crippen molar-refractivity contribution in [3.05, 3.63) is 70.4 Å². The van der Waals surface area contributed by atoms with Crippen molar-refractivity contribution in [3.63, 3.8) is 0 Å². The summed E-state index contributed by atoms with van der Waals surface area (Å²) in [4.78, 5) is 7.29. The van der Waals surface area contributed by atoms with E-state index in [1.54, 1.807) is 7.11 Å². The Hall–Kier alpha value is -2.10. The van der Waals surface area contributed by atoms with E-state index in [0.29, 0.717) is 0 Å². The highest BCUT2D eigenvalue weighted by Gasteiger charge is 2.22. The van der Waals surface area contributed by atoms with Gasteiger partial charge in [-0.3, -0.25) is 9.88 Å². The zero-order valence-corrected chi connectivity index (χ0v) is 14.4. The van der Waals surface area contributed by atoms with Gasteiger partial charge in [-0.05, 0) is 35.7 Å². The molecule has 24 heavy (non-hydrogen) atoms. The van der Waals surface area contributed by atoms with Crippen LogP contribution in [0.2, 0.25) is 5.02 Å². The standard InChI is InChI=1S/C20H19ClN2O/c1-24-15-7-8-18-17(11-15)20(21)16-9-10-23(13-19(16)22-18)12-14-5-3-2-4-6-14/h2-8,11H,9-10,12-13H2,1H3. The number of halogens is 1. The van der Waals surface area contributed by atoms with Crippen LogP contribution in [0.4, 0.5) is 0 Å². The molecule has 0 aliphatic carbocycles. The van der Waals surface area contributed by atoms with Crippen LogP contribution in [0.1, 0.15) is 16.8 Å². The first-order valence-electron chi connectivity index (χ1n) is 8.16. The van der Waals surface area contributed by atoms with Gasteiger partial charge in [-0.25, -0.2) is 0 Å². The molecule has 122 valence electrons. The smallest absolute Gasteiger partial charge is 0.119 e. The van der Waals surface area contributed by atoms with Crippen molar-refractivity contribution in [2.45, 2.75) is 19.5 Å². The molecule has 0 bridgehead atoms. The molecule has 0 N–H and O–H groups in total. The number of rotatable bonds is 3. The summed E-state index contributed by atoms with van der Waals surface area (Å²) in [6, 6.07) is 16.5. The minimum absolute atomic E-state index is 0.813. The number of pyridine rings is 1. The average molecular weight is 339 g/mol. The third-order valence-corrected chi connectivity index (χ3v) is 5.04. The zero-order valence-electron chi connectivity index (χ0n) is 13.6. The van der Waals surface area contributed by atoms with Gasteiger partial charge < -0.3 is 4.74 Å². The summed E-state index contributed by atoms with van der Waals surface area (Å²) in [6.07, 6.45) is 0.932. The first-order chi connectivity index (χ1) is 11.7. The number of methoxy groups -OCH3 is 1. The van der Waals surface area contributed by atoms with Crippen molar-refractivity contribution in [1.29, 1.82) is 0 Å². The molecule has 3 aromatic rings. The van der Waals surface area contributed by atoms with Crippen molar-refractivity contribution in [2.24, 2.45) is 0 Å². The predicted octanol–water partition coefficient (Wildman–Crippen LogP) is 4.46. The number of hydrogen-bond acceptors (Lipinski definition) is 3. The SMILES string of the molecule is COc1ccc2nc3c(c(Cl)c2c1)CCN(Cc1ccccc1)C3. The van der Waals surface area contributed by atoms with Crippen LogP contribution in [0, 0.1) is 0 Å². The molecule has 2 aromatic carbocycles. The van der Waals surface area contributed by atoms with Crippen molar-refractivity contribution in [3.8, 4) is 5.75 Å². The minimum Gasteiger partial charge on any atom is -0.497 e. The van der Waals surface area contributed by atoms with Crippen LogP contribution < -0.4 is 4.74 Å². The topological polar surface area (TPSA) is 25.4 Å². The molecule has 0 radical (unpaired) electrons. The third-order valence-electron chi connectivity index (χ3n) is 4.61. The van der Waals surface area contributed by atoms with Gasteiger partial charge in [0.2, 0.25) is 0 Å². The van der Waals surface area contributed by atoms with E-state index in [1.165, 1.54) is 11.1 Å². The van der Waals surface area contributed by atoms with Crippen molar-refractivity contribution < 1.29 is 4.74 Å². The second kappa shape index (κ2) is 6.42. The molecule has 4 heteroatoms. The van der Waals surface area contributed by atoms with Crippen LogP contribution in [0.25, 0.3) is 10.9 Å². The van der Waals surface area contributed by atoms with Gasteiger partial charge in [-0.1, -0.05) is 41.9 Å². The summed E-state index contributed by atoms with van der Waals surface area (Å²) in [5.41, 5.74) is 4.54. The van der Waals surface area contributed by atoms with Crippen LogP contribution in [0.3, 0.4) is 0 Å². The summed E-state index contributed by atoms with van der Waals surface area (Å²) < 4.78 is 5.31. The molecule has 0 unspecified atom stereocenters. The van der Waals surface area contributed by atoms with Crippen LogP contribution in [-0.4, -0.2) is 23.5 Å². The van der Waals surface area contributed by atoms with Gasteiger partial charge in [0.1, 0.15) is 5.75 Å². The number of fused-ring (bicyclic) bond motifs is 2. The third kappa shape index (κ3) is 2.85. The average Bonchev–Trinajstić information content (AvgIpc) is 2.62. The van der Waals surface area contributed by atoms with E-state index in [1.807, 2.05) is 18.2 Å². The maximum atomic E-state index is 6.68. The molecule has 0 saturated carbocycles. The lowest BCUT2D eigenvalue weighted by Gasteiger charge is -2.29. The Morgan fingerprint density at radius 1 is 1.17 bits per heavy atom. The van der Waals surface area contributed by atoms with Crippen LogP contribution in [0.15, 0.2) is 48.5 Å². The Labute approximate surface area is 146 Å². The van der Waals surface area contributed by atoms with Crippen molar-refractivity contribution >= 4 is 22.5 Å². The van der Waals surface area contributed by atoms with Gasteiger partial charge >= 0.3 is 0 Å². The number of hydrogen-bond donors (Lipinski definition) is 0. The predicted molar refractivity (Wildman–Crippen MR) is 97.6 cm³/mol. The maximum Gasteiger partial charge on any atom is 0.119 e. The van der Waals surface area contributed by atoms with Crippen molar-refractivity contribution in [2.75, 3.05) is 13.7 Å². The molecule has 1 aliphatic heterocycles. The lowest BCUT2D eigenvalue weighted by Crippen LogP contribution is -2.31. The van der Waals surface area contributed by atoms with Crippen molar-refractivity contribution in [1.82, 2.24) is 9.88 Å². The van der Waals surface area contributed by atoms with E-state index >= 15 is 0 Å². The summed E-state index contributed by atoms with van der Waals surface area (Å²) in [6.45, 7) is 2.78. The number of ether oxygens (including phenoxy) is 1. The highest BCUT2D eigenvalue weighted by Crippen LogP contribution is 2.33. The fourth-order valence-electron chi connectivity index (χ4n) is 3.34. The van der Waals surface area contributed by atoms with E-state index in [0.717, 1.165) is 53.4 Å². The van der Waals surface area contributed by atoms with Gasteiger partial charge in [-0.2, -0.15) is 0 Å². The van der Waals surface area contributed by atoms with E-state index in [9.17, 15) is 0 Å². The largest absolute Gasteiger partial charge is 0.497 e. The molecule has 0 atom stereocenters.